The minimum atomic E-state index is -0.0502. The summed E-state index contributed by atoms with van der Waals surface area (Å²) in [5.74, 6) is 0. The van der Waals surface area contributed by atoms with Crippen LogP contribution in [0.5, 0.6) is 0 Å². The second-order valence-corrected chi connectivity index (χ2v) is 20.8. The van der Waals surface area contributed by atoms with Gasteiger partial charge in [0.2, 0.25) is 0 Å². The lowest BCUT2D eigenvalue weighted by Crippen LogP contribution is -2.55. The molecule has 0 fully saturated rings. The summed E-state index contributed by atoms with van der Waals surface area (Å²) in [5, 5.41) is 6.32. The Morgan fingerprint density at radius 3 is 2.07 bits per heavy atom. The Labute approximate surface area is 356 Å². The molecule has 7 aromatic carbocycles. The van der Waals surface area contributed by atoms with Gasteiger partial charge in [0.25, 0.3) is 0 Å². The highest BCUT2D eigenvalue weighted by Gasteiger charge is 2.48. The van der Waals surface area contributed by atoms with Crippen LogP contribution in [0, 0.1) is 0 Å². The van der Waals surface area contributed by atoms with Crippen LogP contribution in [0.2, 0.25) is 0 Å². The molecule has 3 aliphatic rings. The SMILES string of the molecule is CC1(C)CCC(C)(C)c2cc3c4c(sc3cc21)B1c2c(cc3c(oc5ccccc53)c2N4c2ccc(-c3ccccc3)cc2)-c2cccc3c4sc5ccccc5c4n1c23. The highest BCUT2D eigenvalue weighted by molar-refractivity contribution is 7.32. The number of fused-ring (bicyclic) bond motifs is 16. The van der Waals surface area contributed by atoms with Crippen LogP contribution < -0.4 is 15.1 Å². The number of nitrogens with zero attached hydrogens (tertiary/aromatic N) is 2. The number of rotatable bonds is 2. The van der Waals surface area contributed by atoms with E-state index in [-0.39, 0.29) is 17.7 Å². The highest BCUT2D eigenvalue weighted by atomic mass is 32.1. The van der Waals surface area contributed by atoms with E-state index in [9.17, 15) is 0 Å². The zero-order chi connectivity index (χ0) is 39.8. The van der Waals surface area contributed by atoms with Crippen LogP contribution in [-0.4, -0.2) is 11.3 Å². The van der Waals surface area contributed by atoms with Crippen molar-refractivity contribution in [1.82, 2.24) is 4.48 Å². The molecular weight excluding hydrogens is 768 g/mol. The Bertz CT molecular complexity index is 3670. The van der Waals surface area contributed by atoms with E-state index in [4.69, 9.17) is 4.42 Å². The summed E-state index contributed by atoms with van der Waals surface area (Å²) in [6.07, 6.45) is 2.36. The standard InChI is InChI=1S/C54H39BN2OS2/c1-53(2)25-26-54(3,4)41-29-44-39(28-40(41)53)48-52(60-44)55-45-37(34-17-12-18-36-46(34)57(55)47-35-16-9-11-20-43(35)59-51(36)47)27-38-33-15-8-10-19-42(33)58-50(38)49(45)56(48)32-23-21-31(22-24-32)30-13-6-5-7-14-30/h5-24,27-29H,25-26H2,1-4H3. The molecule has 4 aromatic heterocycles. The second-order valence-electron chi connectivity index (χ2n) is 18.6. The van der Waals surface area contributed by atoms with Crippen LogP contribution in [-0.2, 0) is 10.8 Å². The quantitative estimate of drug-likeness (QED) is 0.162. The average Bonchev–Trinajstić information content (AvgIpc) is 4.03. The molecule has 0 bridgehead atoms. The Kier molecular flexibility index (Phi) is 6.40. The monoisotopic (exact) mass is 806 g/mol. The van der Waals surface area contributed by atoms with Gasteiger partial charge in [-0.05, 0) is 99.4 Å². The molecule has 0 amide bonds. The minimum Gasteiger partial charge on any atom is -0.454 e. The summed E-state index contributed by atoms with van der Waals surface area (Å²) in [5.41, 5.74) is 17.7. The largest absolute Gasteiger partial charge is 0.454 e. The summed E-state index contributed by atoms with van der Waals surface area (Å²) < 4.78 is 15.4. The van der Waals surface area contributed by atoms with Gasteiger partial charge in [0.15, 0.2) is 5.58 Å². The number of anilines is 3. The lowest BCUT2D eigenvalue weighted by Gasteiger charge is -2.42. The summed E-state index contributed by atoms with van der Waals surface area (Å²) in [4.78, 5) is 2.61. The number of aromatic nitrogens is 1. The molecule has 1 aliphatic carbocycles. The van der Waals surface area contributed by atoms with E-state index in [1.54, 1.807) is 0 Å². The number of benzene rings is 7. The highest BCUT2D eigenvalue weighted by Crippen LogP contribution is 2.55. The van der Waals surface area contributed by atoms with Gasteiger partial charge >= 0.3 is 6.85 Å². The molecule has 6 heteroatoms. The van der Waals surface area contributed by atoms with Crippen molar-refractivity contribution < 1.29 is 4.42 Å². The topological polar surface area (TPSA) is 21.3 Å². The molecule has 6 heterocycles. The van der Waals surface area contributed by atoms with Crippen molar-refractivity contribution in [2.24, 2.45) is 0 Å². The molecule has 2 aliphatic heterocycles. The van der Waals surface area contributed by atoms with Crippen molar-refractivity contribution in [3.8, 4) is 22.3 Å². The minimum absolute atomic E-state index is 0.0502. The zero-order valence-corrected chi connectivity index (χ0v) is 35.5. The number of hydrogen-bond acceptors (Lipinski definition) is 4. The maximum Gasteiger partial charge on any atom is 0.343 e. The predicted molar refractivity (Wildman–Crippen MR) is 259 cm³/mol. The van der Waals surface area contributed by atoms with E-state index in [2.05, 4.69) is 177 Å². The van der Waals surface area contributed by atoms with E-state index in [0.717, 1.165) is 33.3 Å². The van der Waals surface area contributed by atoms with Crippen molar-refractivity contribution in [2.45, 2.75) is 51.4 Å². The summed E-state index contributed by atoms with van der Waals surface area (Å²) in [7, 11) is 0. The number of furan rings is 1. The zero-order valence-electron chi connectivity index (χ0n) is 33.9. The van der Waals surface area contributed by atoms with E-state index >= 15 is 0 Å². The van der Waals surface area contributed by atoms with Gasteiger partial charge in [0.05, 0.1) is 21.6 Å². The first-order chi connectivity index (χ1) is 29.2. The van der Waals surface area contributed by atoms with Crippen molar-refractivity contribution in [1.29, 1.82) is 0 Å². The Balaban J connectivity index is 1.18. The lowest BCUT2D eigenvalue weighted by atomic mass is 9.48. The van der Waals surface area contributed by atoms with Crippen LogP contribution in [0.25, 0.3) is 85.5 Å². The van der Waals surface area contributed by atoms with Gasteiger partial charge in [-0.25, -0.2) is 0 Å². The molecule has 3 nitrogen and oxygen atoms in total. The summed E-state index contributed by atoms with van der Waals surface area (Å²) in [6.45, 7) is 9.77. The Hall–Kier alpha value is -6.08. The fourth-order valence-corrected chi connectivity index (χ4v) is 13.9. The summed E-state index contributed by atoms with van der Waals surface area (Å²) in [6, 6.07) is 52.3. The molecule has 60 heavy (non-hydrogen) atoms. The van der Waals surface area contributed by atoms with Gasteiger partial charge in [-0.1, -0.05) is 125 Å². The molecule has 0 spiro atoms. The van der Waals surface area contributed by atoms with Crippen molar-refractivity contribution >= 4 is 120 Å². The maximum atomic E-state index is 7.16. The normalized spacial score (nSPS) is 16.1. The smallest absolute Gasteiger partial charge is 0.343 e. The van der Waals surface area contributed by atoms with Crippen molar-refractivity contribution in [3.63, 3.8) is 0 Å². The third kappa shape index (κ3) is 4.21. The fraction of sp³-hybridized carbons (Fsp3) is 0.148. The van der Waals surface area contributed by atoms with E-state index in [0.29, 0.717) is 0 Å². The average molecular weight is 807 g/mol. The molecule has 11 aromatic rings. The molecule has 0 radical (unpaired) electrons. The molecule has 0 saturated heterocycles. The van der Waals surface area contributed by atoms with E-state index < -0.39 is 0 Å². The Morgan fingerprint density at radius 1 is 0.550 bits per heavy atom. The van der Waals surface area contributed by atoms with Crippen LogP contribution in [0.15, 0.2) is 144 Å². The number of thiophene rings is 2. The third-order valence-corrected chi connectivity index (χ3v) is 16.8. The first-order valence-electron chi connectivity index (χ1n) is 21.2. The van der Waals surface area contributed by atoms with Crippen LogP contribution in [0.3, 0.4) is 0 Å². The van der Waals surface area contributed by atoms with Gasteiger partial charge in [-0.2, -0.15) is 0 Å². The molecule has 0 atom stereocenters. The van der Waals surface area contributed by atoms with Gasteiger partial charge in [0, 0.05) is 57.9 Å². The molecule has 14 rings (SSSR count). The molecule has 0 unspecified atom stereocenters. The van der Waals surface area contributed by atoms with Gasteiger partial charge in [-0.15, -0.1) is 22.7 Å². The first kappa shape index (κ1) is 33.7. The fourth-order valence-electron chi connectivity index (χ4n) is 11.4. The van der Waals surface area contributed by atoms with Crippen molar-refractivity contribution in [3.05, 3.63) is 151 Å². The molecule has 286 valence electrons. The first-order valence-corrected chi connectivity index (χ1v) is 22.9. The van der Waals surface area contributed by atoms with Crippen LogP contribution >= 0.6 is 22.7 Å². The van der Waals surface area contributed by atoms with E-state index in [1.165, 1.54) is 103 Å². The van der Waals surface area contributed by atoms with Crippen LogP contribution in [0.1, 0.15) is 51.7 Å². The van der Waals surface area contributed by atoms with Crippen LogP contribution in [0.4, 0.5) is 17.1 Å². The van der Waals surface area contributed by atoms with Gasteiger partial charge in [-0.3, -0.25) is 0 Å². The van der Waals surface area contributed by atoms with Crippen molar-refractivity contribution in [2.75, 3.05) is 4.90 Å². The number of para-hydroxylation sites is 2. The third-order valence-electron chi connectivity index (χ3n) is 14.4. The predicted octanol–water partition coefficient (Wildman–Crippen LogP) is 14.6. The maximum absolute atomic E-state index is 7.16. The molecule has 0 N–H and O–H groups in total. The lowest BCUT2D eigenvalue weighted by molar-refractivity contribution is 0.332. The second kappa shape index (κ2) is 11.4. The molecular formula is C54H39BN2OS2. The van der Waals surface area contributed by atoms with Gasteiger partial charge < -0.3 is 13.8 Å². The summed E-state index contributed by atoms with van der Waals surface area (Å²) >= 11 is 3.95. The molecule has 0 saturated carbocycles. The van der Waals surface area contributed by atoms with Gasteiger partial charge in [0.1, 0.15) is 5.58 Å². The Morgan fingerprint density at radius 2 is 1.25 bits per heavy atom. The number of hydrogen-bond donors (Lipinski definition) is 0. The van der Waals surface area contributed by atoms with E-state index in [1.807, 2.05) is 22.7 Å².